The summed E-state index contributed by atoms with van der Waals surface area (Å²) in [6.45, 7) is 2.97. The summed E-state index contributed by atoms with van der Waals surface area (Å²) in [6, 6.07) is 11.8. The van der Waals surface area contributed by atoms with Crippen LogP contribution < -0.4 is 9.08 Å². The number of benzene rings is 2. The number of carbonyl (C=O) groups excluding carboxylic acids is 1. The first-order valence-corrected chi connectivity index (χ1v) is 10.2. The molecule has 0 atom stereocenters. The minimum atomic E-state index is -3.96. The van der Waals surface area contributed by atoms with Gasteiger partial charge in [0.25, 0.3) is 0 Å². The molecule has 1 saturated heterocycles. The fourth-order valence-corrected chi connectivity index (χ4v) is 4.25. The van der Waals surface area contributed by atoms with Gasteiger partial charge >= 0.3 is 10.1 Å². The van der Waals surface area contributed by atoms with Crippen molar-refractivity contribution in [3.05, 3.63) is 53.6 Å². The predicted octanol–water partition coefficient (Wildman–Crippen LogP) is 3.08. The van der Waals surface area contributed by atoms with Gasteiger partial charge in [0.2, 0.25) is 5.91 Å². The molecule has 1 aliphatic heterocycles. The van der Waals surface area contributed by atoms with Crippen molar-refractivity contribution in [3.8, 4) is 5.75 Å². The molecule has 0 aromatic heterocycles. The van der Waals surface area contributed by atoms with Gasteiger partial charge in [0.05, 0.1) is 6.61 Å². The van der Waals surface area contributed by atoms with Crippen molar-refractivity contribution in [2.24, 2.45) is 0 Å². The van der Waals surface area contributed by atoms with Crippen molar-refractivity contribution >= 4 is 21.7 Å². The molecule has 144 valence electrons. The minimum Gasteiger partial charge on any atom is -0.384 e. The maximum atomic E-state index is 12.7. The lowest BCUT2D eigenvalue weighted by molar-refractivity contribution is -0.117. The Labute approximate surface area is 159 Å². The number of rotatable bonds is 7. The Morgan fingerprint density at radius 2 is 1.85 bits per heavy atom. The maximum absolute atomic E-state index is 12.7. The first kappa shape index (κ1) is 19.4. The summed E-state index contributed by atoms with van der Waals surface area (Å²) in [7, 11) is -2.32. The van der Waals surface area contributed by atoms with Crippen LogP contribution in [-0.2, 0) is 26.1 Å². The van der Waals surface area contributed by atoms with E-state index in [-0.39, 0.29) is 16.6 Å². The third kappa shape index (κ3) is 4.48. The lowest BCUT2D eigenvalue weighted by atomic mass is 10.1. The van der Waals surface area contributed by atoms with Gasteiger partial charge in [0.1, 0.15) is 10.6 Å². The van der Waals surface area contributed by atoms with Crippen LogP contribution in [0, 0.1) is 6.92 Å². The molecular weight excluding hydrogens is 366 g/mol. The van der Waals surface area contributed by atoms with Gasteiger partial charge in [-0.1, -0.05) is 12.1 Å². The van der Waals surface area contributed by atoms with E-state index in [0.717, 1.165) is 24.1 Å². The molecule has 0 unspecified atom stereocenters. The van der Waals surface area contributed by atoms with E-state index in [4.69, 9.17) is 8.92 Å². The SMILES string of the molecule is COCCc1ccc(OS(=O)(=O)c2ccc(N3CCCC3=O)cc2C)cc1. The average molecular weight is 389 g/mol. The van der Waals surface area contributed by atoms with E-state index < -0.39 is 10.1 Å². The molecule has 7 heteroatoms. The summed E-state index contributed by atoms with van der Waals surface area (Å²) < 4.78 is 35.6. The number of anilines is 1. The van der Waals surface area contributed by atoms with E-state index >= 15 is 0 Å². The van der Waals surface area contributed by atoms with Crippen LogP contribution in [0.25, 0.3) is 0 Å². The first-order chi connectivity index (χ1) is 12.9. The number of nitrogens with zero attached hydrogens (tertiary/aromatic N) is 1. The van der Waals surface area contributed by atoms with Crippen LogP contribution in [-0.4, -0.2) is 34.6 Å². The second kappa shape index (κ2) is 8.10. The molecule has 3 rings (SSSR count). The zero-order chi connectivity index (χ0) is 19.4. The summed E-state index contributed by atoms with van der Waals surface area (Å²) >= 11 is 0. The van der Waals surface area contributed by atoms with Gasteiger partial charge in [0.15, 0.2) is 0 Å². The van der Waals surface area contributed by atoms with Crippen LogP contribution in [0.5, 0.6) is 5.75 Å². The van der Waals surface area contributed by atoms with Gasteiger partial charge in [-0.05, 0) is 61.2 Å². The molecule has 1 aliphatic rings. The molecule has 1 amide bonds. The van der Waals surface area contributed by atoms with Crippen molar-refractivity contribution in [1.29, 1.82) is 0 Å². The Hall–Kier alpha value is -2.38. The molecule has 6 nitrogen and oxygen atoms in total. The van der Waals surface area contributed by atoms with Gasteiger partial charge in [-0.2, -0.15) is 8.42 Å². The zero-order valence-electron chi connectivity index (χ0n) is 15.5. The van der Waals surface area contributed by atoms with Crippen molar-refractivity contribution in [1.82, 2.24) is 0 Å². The number of ether oxygens (including phenoxy) is 1. The molecule has 27 heavy (non-hydrogen) atoms. The highest BCUT2D eigenvalue weighted by Crippen LogP contribution is 2.27. The summed E-state index contributed by atoms with van der Waals surface area (Å²) in [5.74, 6) is 0.323. The monoisotopic (exact) mass is 389 g/mol. The van der Waals surface area contributed by atoms with E-state index in [1.54, 1.807) is 43.2 Å². The number of aryl methyl sites for hydroxylation is 1. The number of amides is 1. The van der Waals surface area contributed by atoms with Gasteiger partial charge < -0.3 is 13.8 Å². The van der Waals surface area contributed by atoms with Crippen molar-refractivity contribution in [3.63, 3.8) is 0 Å². The summed E-state index contributed by atoms with van der Waals surface area (Å²) in [5.41, 5.74) is 2.30. The van der Waals surface area contributed by atoms with E-state index in [1.165, 1.54) is 6.07 Å². The molecule has 2 aromatic carbocycles. The summed E-state index contributed by atoms with van der Waals surface area (Å²) in [6.07, 6.45) is 2.10. The second-order valence-corrected chi connectivity index (χ2v) is 8.04. The topological polar surface area (TPSA) is 72.9 Å². The highest BCUT2D eigenvalue weighted by Gasteiger charge is 2.24. The first-order valence-electron chi connectivity index (χ1n) is 8.84. The average Bonchev–Trinajstić information content (AvgIpc) is 3.06. The Morgan fingerprint density at radius 1 is 1.11 bits per heavy atom. The maximum Gasteiger partial charge on any atom is 0.339 e. The summed E-state index contributed by atoms with van der Waals surface area (Å²) in [5, 5.41) is 0. The van der Waals surface area contributed by atoms with Crippen molar-refractivity contribution < 1.29 is 22.1 Å². The molecule has 1 fully saturated rings. The number of methoxy groups -OCH3 is 1. The normalized spacial score (nSPS) is 14.6. The lowest BCUT2D eigenvalue weighted by Gasteiger charge is -2.17. The smallest absolute Gasteiger partial charge is 0.339 e. The van der Waals surface area contributed by atoms with Gasteiger partial charge in [-0.15, -0.1) is 0 Å². The van der Waals surface area contributed by atoms with Crippen LogP contribution >= 0.6 is 0 Å². The van der Waals surface area contributed by atoms with Gasteiger partial charge in [-0.3, -0.25) is 4.79 Å². The predicted molar refractivity (Wildman–Crippen MR) is 103 cm³/mol. The van der Waals surface area contributed by atoms with E-state index in [0.29, 0.717) is 25.1 Å². The highest BCUT2D eigenvalue weighted by atomic mass is 32.2. The standard InChI is InChI=1S/C20H23NO5S/c1-15-14-17(21-12-3-4-20(21)22)7-10-19(15)27(23,24)26-18-8-5-16(6-9-18)11-13-25-2/h5-10,14H,3-4,11-13H2,1-2H3. The van der Waals surface area contributed by atoms with E-state index in [1.807, 2.05) is 12.1 Å². The van der Waals surface area contributed by atoms with Crippen LogP contribution in [0.3, 0.4) is 0 Å². The van der Waals surface area contributed by atoms with Gasteiger partial charge in [-0.25, -0.2) is 0 Å². The van der Waals surface area contributed by atoms with Crippen molar-refractivity contribution in [2.45, 2.75) is 31.1 Å². The number of hydrogen-bond acceptors (Lipinski definition) is 5. The van der Waals surface area contributed by atoms with Crippen LogP contribution in [0.1, 0.15) is 24.0 Å². The molecular formula is C20H23NO5S. The zero-order valence-corrected chi connectivity index (χ0v) is 16.3. The van der Waals surface area contributed by atoms with Crippen LogP contribution in [0.15, 0.2) is 47.4 Å². The van der Waals surface area contributed by atoms with Crippen molar-refractivity contribution in [2.75, 3.05) is 25.2 Å². The quantitative estimate of drug-likeness (QED) is 0.681. The molecule has 0 spiro atoms. The fourth-order valence-electron chi connectivity index (χ4n) is 3.11. The number of hydrogen-bond donors (Lipinski definition) is 0. The largest absolute Gasteiger partial charge is 0.384 e. The molecule has 0 aliphatic carbocycles. The minimum absolute atomic E-state index is 0.0646. The molecule has 0 radical (unpaired) electrons. The molecule has 2 aromatic rings. The fraction of sp³-hybridized carbons (Fsp3) is 0.350. The molecule has 0 saturated carbocycles. The van der Waals surface area contributed by atoms with Crippen LogP contribution in [0.4, 0.5) is 5.69 Å². The van der Waals surface area contributed by atoms with Crippen LogP contribution in [0.2, 0.25) is 0 Å². The molecule has 0 bridgehead atoms. The lowest BCUT2D eigenvalue weighted by Crippen LogP contribution is -2.24. The highest BCUT2D eigenvalue weighted by molar-refractivity contribution is 7.87. The Balaban J connectivity index is 1.77. The number of carbonyl (C=O) groups is 1. The molecule has 0 N–H and O–H groups in total. The Kier molecular flexibility index (Phi) is 5.82. The Bertz CT molecular complexity index is 922. The Morgan fingerprint density at radius 3 is 2.44 bits per heavy atom. The van der Waals surface area contributed by atoms with E-state index in [9.17, 15) is 13.2 Å². The third-order valence-electron chi connectivity index (χ3n) is 4.54. The second-order valence-electron chi connectivity index (χ2n) is 6.52. The van der Waals surface area contributed by atoms with Gasteiger partial charge in [0, 0.05) is 25.8 Å². The van der Waals surface area contributed by atoms with E-state index in [2.05, 4.69) is 0 Å². The molecule has 1 heterocycles. The third-order valence-corrected chi connectivity index (χ3v) is 5.95. The summed E-state index contributed by atoms with van der Waals surface area (Å²) in [4.78, 5) is 13.7.